The zero-order valence-electron chi connectivity index (χ0n) is 15.0. The van der Waals surface area contributed by atoms with Gasteiger partial charge in [-0.3, -0.25) is 0 Å². The summed E-state index contributed by atoms with van der Waals surface area (Å²) in [7, 11) is 0. The smallest absolute Gasteiger partial charge is 0.418 e. The van der Waals surface area contributed by atoms with Crippen molar-refractivity contribution in [2.75, 3.05) is 5.32 Å². The molecule has 2 fully saturated rings. The SMILES string of the molecule is O=C(O)c1ccc(C2Nc3c(cccc3C(F)(F)F)C3C4CCC(C4)C23)cc1. The molecule has 5 rings (SSSR count). The first-order valence-corrected chi connectivity index (χ1v) is 9.64. The Bertz CT molecular complexity index is 938. The molecule has 5 unspecified atom stereocenters. The number of alkyl halides is 3. The van der Waals surface area contributed by atoms with Crippen molar-refractivity contribution in [1.82, 2.24) is 0 Å². The fraction of sp³-hybridized carbons (Fsp3) is 0.409. The lowest BCUT2D eigenvalue weighted by Gasteiger charge is -2.44. The van der Waals surface area contributed by atoms with Crippen molar-refractivity contribution in [2.45, 2.75) is 37.4 Å². The predicted molar refractivity (Wildman–Crippen MR) is 98.3 cm³/mol. The minimum Gasteiger partial charge on any atom is -0.478 e. The zero-order valence-corrected chi connectivity index (χ0v) is 15.0. The highest BCUT2D eigenvalue weighted by Crippen LogP contribution is 2.64. The molecular weight excluding hydrogens is 367 g/mol. The van der Waals surface area contributed by atoms with Crippen LogP contribution >= 0.6 is 0 Å². The van der Waals surface area contributed by atoms with Gasteiger partial charge in [-0.05, 0) is 72.3 Å². The second-order valence-corrected chi connectivity index (χ2v) is 8.25. The lowest BCUT2D eigenvalue weighted by molar-refractivity contribution is -0.137. The van der Waals surface area contributed by atoms with Gasteiger partial charge in [-0.1, -0.05) is 24.3 Å². The molecule has 2 aromatic rings. The molecule has 0 saturated heterocycles. The lowest BCUT2D eigenvalue weighted by Crippen LogP contribution is -2.36. The van der Waals surface area contributed by atoms with E-state index in [1.807, 2.05) is 6.07 Å². The van der Waals surface area contributed by atoms with Gasteiger partial charge >= 0.3 is 12.1 Å². The number of para-hydroxylation sites is 1. The molecule has 3 aliphatic rings. The Morgan fingerprint density at radius 2 is 1.75 bits per heavy atom. The molecule has 2 saturated carbocycles. The van der Waals surface area contributed by atoms with Crippen LogP contribution in [0.5, 0.6) is 0 Å². The molecule has 3 nitrogen and oxygen atoms in total. The fourth-order valence-corrected chi connectivity index (χ4v) is 5.91. The number of hydrogen-bond acceptors (Lipinski definition) is 2. The Balaban J connectivity index is 1.63. The molecule has 28 heavy (non-hydrogen) atoms. The van der Waals surface area contributed by atoms with Crippen LogP contribution in [0.4, 0.5) is 18.9 Å². The van der Waals surface area contributed by atoms with E-state index in [0.717, 1.165) is 36.5 Å². The average molecular weight is 387 g/mol. The van der Waals surface area contributed by atoms with E-state index in [2.05, 4.69) is 5.32 Å². The number of anilines is 1. The standard InChI is InChI=1S/C22H20F3NO2/c23-22(24,25)16-3-1-2-15-17-13-8-9-14(10-13)18(17)19(26-20(15)16)11-4-6-12(7-5-11)21(27)28/h1-7,13-14,17-19,26H,8-10H2,(H,27,28). The highest BCUT2D eigenvalue weighted by atomic mass is 19.4. The number of benzene rings is 2. The number of rotatable bonds is 2. The first-order valence-electron chi connectivity index (χ1n) is 9.64. The summed E-state index contributed by atoms with van der Waals surface area (Å²) in [6, 6.07) is 10.8. The van der Waals surface area contributed by atoms with Gasteiger partial charge in [-0.15, -0.1) is 0 Å². The third-order valence-corrected chi connectivity index (χ3v) is 6.94. The minimum absolute atomic E-state index is 0.126. The Labute approximate surface area is 160 Å². The van der Waals surface area contributed by atoms with Crippen LogP contribution in [0, 0.1) is 17.8 Å². The lowest BCUT2D eigenvalue weighted by atomic mass is 9.67. The molecule has 0 amide bonds. The predicted octanol–water partition coefficient (Wildman–Crippen LogP) is 5.70. The first-order chi connectivity index (χ1) is 13.3. The normalized spacial score (nSPS) is 30.5. The topological polar surface area (TPSA) is 49.3 Å². The molecule has 146 valence electrons. The second-order valence-electron chi connectivity index (χ2n) is 8.25. The Hall–Kier alpha value is -2.50. The van der Waals surface area contributed by atoms with Crippen molar-refractivity contribution in [2.24, 2.45) is 17.8 Å². The van der Waals surface area contributed by atoms with E-state index in [1.54, 1.807) is 12.1 Å². The van der Waals surface area contributed by atoms with Crippen molar-refractivity contribution in [3.63, 3.8) is 0 Å². The van der Waals surface area contributed by atoms with Crippen LogP contribution in [0.3, 0.4) is 0 Å². The molecule has 2 aliphatic carbocycles. The number of carboxylic acids is 1. The molecule has 6 heteroatoms. The highest BCUT2D eigenvalue weighted by molar-refractivity contribution is 5.87. The van der Waals surface area contributed by atoms with Crippen LogP contribution in [0.1, 0.15) is 58.3 Å². The van der Waals surface area contributed by atoms with Gasteiger partial charge in [0.2, 0.25) is 0 Å². The summed E-state index contributed by atoms with van der Waals surface area (Å²) in [5.74, 6) is 0.284. The van der Waals surface area contributed by atoms with Gasteiger partial charge in [0, 0.05) is 0 Å². The van der Waals surface area contributed by atoms with E-state index < -0.39 is 17.7 Å². The molecule has 1 heterocycles. The molecule has 5 atom stereocenters. The summed E-state index contributed by atoms with van der Waals surface area (Å²) < 4.78 is 41.0. The summed E-state index contributed by atoms with van der Waals surface area (Å²) in [6.07, 6.45) is -1.16. The van der Waals surface area contributed by atoms with Crippen molar-refractivity contribution in [3.8, 4) is 0 Å². The minimum atomic E-state index is -4.42. The molecule has 2 bridgehead atoms. The molecule has 2 aromatic carbocycles. The largest absolute Gasteiger partial charge is 0.478 e. The van der Waals surface area contributed by atoms with Gasteiger partial charge in [-0.2, -0.15) is 13.2 Å². The van der Waals surface area contributed by atoms with Crippen molar-refractivity contribution in [1.29, 1.82) is 0 Å². The van der Waals surface area contributed by atoms with Crippen LogP contribution in [-0.2, 0) is 6.18 Å². The quantitative estimate of drug-likeness (QED) is 0.695. The van der Waals surface area contributed by atoms with Crippen LogP contribution in [0.15, 0.2) is 42.5 Å². The highest BCUT2D eigenvalue weighted by Gasteiger charge is 2.54. The molecule has 0 spiro atoms. The molecule has 0 radical (unpaired) electrons. The van der Waals surface area contributed by atoms with Crippen LogP contribution in [0.2, 0.25) is 0 Å². The number of carbonyl (C=O) groups is 1. The van der Waals surface area contributed by atoms with E-state index in [0.29, 0.717) is 11.8 Å². The third-order valence-electron chi connectivity index (χ3n) is 6.94. The summed E-state index contributed by atoms with van der Waals surface area (Å²) in [4.78, 5) is 11.2. The van der Waals surface area contributed by atoms with Crippen LogP contribution < -0.4 is 5.32 Å². The Morgan fingerprint density at radius 3 is 2.43 bits per heavy atom. The number of fused-ring (bicyclic) bond motifs is 7. The zero-order chi connectivity index (χ0) is 19.6. The fourth-order valence-electron chi connectivity index (χ4n) is 5.91. The number of nitrogens with one attached hydrogen (secondary N) is 1. The maximum absolute atomic E-state index is 13.7. The van der Waals surface area contributed by atoms with Gasteiger partial charge in [0.1, 0.15) is 0 Å². The average Bonchev–Trinajstić information content (AvgIpc) is 3.28. The van der Waals surface area contributed by atoms with Gasteiger partial charge in [0.05, 0.1) is 22.9 Å². The molecular formula is C22H20F3NO2. The van der Waals surface area contributed by atoms with Crippen LogP contribution in [-0.4, -0.2) is 11.1 Å². The second kappa shape index (κ2) is 6.00. The number of hydrogen-bond donors (Lipinski definition) is 2. The summed E-state index contributed by atoms with van der Waals surface area (Å²) in [5.41, 5.74) is 1.43. The Kier molecular flexibility index (Phi) is 3.77. The van der Waals surface area contributed by atoms with E-state index in [-0.39, 0.29) is 29.1 Å². The Morgan fingerprint density at radius 1 is 1.04 bits per heavy atom. The van der Waals surface area contributed by atoms with E-state index in [1.165, 1.54) is 18.2 Å². The van der Waals surface area contributed by atoms with Gasteiger partial charge in [0.15, 0.2) is 0 Å². The number of halogens is 3. The van der Waals surface area contributed by atoms with E-state index in [9.17, 15) is 18.0 Å². The molecule has 2 N–H and O–H groups in total. The van der Waals surface area contributed by atoms with Crippen molar-refractivity contribution < 1.29 is 23.1 Å². The number of aromatic carboxylic acids is 1. The van der Waals surface area contributed by atoms with Gasteiger partial charge in [-0.25, -0.2) is 4.79 Å². The molecule has 0 aromatic heterocycles. The van der Waals surface area contributed by atoms with Crippen molar-refractivity contribution >= 4 is 11.7 Å². The van der Waals surface area contributed by atoms with Gasteiger partial charge in [0.25, 0.3) is 0 Å². The third kappa shape index (κ3) is 2.54. The van der Waals surface area contributed by atoms with Crippen molar-refractivity contribution in [3.05, 3.63) is 64.7 Å². The van der Waals surface area contributed by atoms with Gasteiger partial charge < -0.3 is 10.4 Å². The molecule has 1 aliphatic heterocycles. The monoisotopic (exact) mass is 387 g/mol. The first kappa shape index (κ1) is 17.6. The van der Waals surface area contributed by atoms with Crippen LogP contribution in [0.25, 0.3) is 0 Å². The number of carboxylic acid groups (broad SMARTS) is 1. The summed E-state index contributed by atoms with van der Waals surface area (Å²) in [6.45, 7) is 0. The summed E-state index contributed by atoms with van der Waals surface area (Å²) >= 11 is 0. The summed E-state index contributed by atoms with van der Waals surface area (Å²) in [5, 5.41) is 12.4. The maximum atomic E-state index is 13.7. The van der Waals surface area contributed by atoms with E-state index in [4.69, 9.17) is 5.11 Å². The van der Waals surface area contributed by atoms with E-state index >= 15 is 0 Å². The maximum Gasteiger partial charge on any atom is 0.418 e.